The van der Waals surface area contributed by atoms with Crippen LogP contribution in [-0.4, -0.2) is 12.5 Å². The molecule has 3 aromatic carbocycles. The van der Waals surface area contributed by atoms with Gasteiger partial charge in [0.15, 0.2) is 6.61 Å². The molecule has 0 saturated heterocycles. The molecule has 0 atom stereocenters. The van der Waals surface area contributed by atoms with Crippen LogP contribution in [0.5, 0.6) is 5.75 Å². The van der Waals surface area contributed by atoms with Crippen LogP contribution in [0.4, 0.5) is 11.4 Å². The molecule has 2 N–H and O–H groups in total. The highest BCUT2D eigenvalue weighted by Gasteiger charge is 2.08. The van der Waals surface area contributed by atoms with E-state index in [2.05, 4.69) is 58.6 Å². The lowest BCUT2D eigenvalue weighted by Gasteiger charge is -2.12. The summed E-state index contributed by atoms with van der Waals surface area (Å²) in [5, 5.41) is 6.30. The molecule has 0 fully saturated rings. The molecule has 0 bridgehead atoms. The molecule has 5 heteroatoms. The molecule has 150 valence electrons. The third-order valence-electron chi connectivity index (χ3n) is 4.78. The Morgan fingerprint density at radius 3 is 2.45 bits per heavy atom. The Morgan fingerprint density at radius 2 is 1.72 bits per heavy atom. The highest BCUT2D eigenvalue weighted by atomic mass is 79.9. The lowest BCUT2D eigenvalue weighted by molar-refractivity contribution is -0.118. The number of rotatable bonds is 7. The van der Waals surface area contributed by atoms with Crippen LogP contribution in [0, 0.1) is 20.8 Å². The van der Waals surface area contributed by atoms with E-state index >= 15 is 0 Å². The molecular formula is C24H25BrN2O2. The van der Waals surface area contributed by atoms with E-state index in [4.69, 9.17) is 4.74 Å². The first-order chi connectivity index (χ1) is 13.9. The van der Waals surface area contributed by atoms with Gasteiger partial charge in [-0.05, 0) is 89.3 Å². The number of hydrogen-bond donors (Lipinski definition) is 2. The third kappa shape index (κ3) is 5.84. The zero-order valence-electron chi connectivity index (χ0n) is 16.9. The van der Waals surface area contributed by atoms with Crippen molar-refractivity contribution >= 4 is 33.2 Å². The number of benzene rings is 3. The van der Waals surface area contributed by atoms with E-state index in [0.29, 0.717) is 12.3 Å². The van der Waals surface area contributed by atoms with Crippen LogP contribution in [0.2, 0.25) is 0 Å². The zero-order valence-corrected chi connectivity index (χ0v) is 18.5. The van der Waals surface area contributed by atoms with Crippen molar-refractivity contribution < 1.29 is 9.53 Å². The number of para-hydroxylation sites is 1. The van der Waals surface area contributed by atoms with Gasteiger partial charge in [-0.3, -0.25) is 4.79 Å². The highest BCUT2D eigenvalue weighted by molar-refractivity contribution is 9.10. The summed E-state index contributed by atoms with van der Waals surface area (Å²) in [6, 6.07) is 19.9. The van der Waals surface area contributed by atoms with Crippen molar-refractivity contribution in [1.29, 1.82) is 0 Å². The van der Waals surface area contributed by atoms with Gasteiger partial charge in [-0.1, -0.05) is 30.3 Å². The van der Waals surface area contributed by atoms with Gasteiger partial charge in [0.25, 0.3) is 5.91 Å². The molecule has 0 saturated carbocycles. The van der Waals surface area contributed by atoms with E-state index < -0.39 is 0 Å². The predicted octanol–water partition coefficient (Wildman–Crippen LogP) is 6.00. The standard InChI is InChI=1S/C24H25BrN2O2/c1-16-8-10-20(12-18(16)3)26-14-19-9-11-23(21(25)13-19)29-15-24(28)27-22-7-5-4-6-17(22)2/h4-13,26H,14-15H2,1-3H3,(H,27,28). The fraction of sp³-hybridized carbons (Fsp3) is 0.208. The average molecular weight is 453 g/mol. The van der Waals surface area contributed by atoms with Gasteiger partial charge in [-0.15, -0.1) is 0 Å². The summed E-state index contributed by atoms with van der Waals surface area (Å²) >= 11 is 3.54. The van der Waals surface area contributed by atoms with Crippen LogP contribution in [0.15, 0.2) is 65.1 Å². The van der Waals surface area contributed by atoms with Crippen molar-refractivity contribution in [2.45, 2.75) is 27.3 Å². The molecule has 0 spiro atoms. The van der Waals surface area contributed by atoms with E-state index in [1.807, 2.05) is 49.4 Å². The van der Waals surface area contributed by atoms with E-state index in [1.165, 1.54) is 11.1 Å². The molecule has 0 aliphatic carbocycles. The van der Waals surface area contributed by atoms with Crippen molar-refractivity contribution in [3.05, 3.63) is 87.4 Å². The molecule has 3 aromatic rings. The minimum atomic E-state index is -0.188. The Hall–Kier alpha value is -2.79. The van der Waals surface area contributed by atoms with Gasteiger partial charge >= 0.3 is 0 Å². The van der Waals surface area contributed by atoms with Gasteiger partial charge in [0.1, 0.15) is 5.75 Å². The normalized spacial score (nSPS) is 10.5. The Bertz CT molecular complexity index is 1020. The van der Waals surface area contributed by atoms with Crippen molar-refractivity contribution in [1.82, 2.24) is 0 Å². The summed E-state index contributed by atoms with van der Waals surface area (Å²) in [7, 11) is 0. The molecule has 0 unspecified atom stereocenters. The van der Waals surface area contributed by atoms with Crippen molar-refractivity contribution in [2.75, 3.05) is 17.2 Å². The Labute approximate surface area is 180 Å². The second-order valence-corrected chi connectivity index (χ2v) is 7.92. The molecule has 0 aliphatic rings. The lowest BCUT2D eigenvalue weighted by atomic mass is 10.1. The molecule has 0 heterocycles. The summed E-state index contributed by atoms with van der Waals surface area (Å²) in [5.41, 5.74) is 6.58. The number of amides is 1. The van der Waals surface area contributed by atoms with E-state index in [-0.39, 0.29) is 12.5 Å². The number of aryl methyl sites for hydroxylation is 3. The minimum Gasteiger partial charge on any atom is -0.483 e. The maximum absolute atomic E-state index is 12.2. The van der Waals surface area contributed by atoms with Crippen LogP contribution in [0.3, 0.4) is 0 Å². The number of carbonyl (C=O) groups excluding carboxylic acids is 1. The summed E-state index contributed by atoms with van der Waals surface area (Å²) in [6.45, 7) is 6.83. The average Bonchev–Trinajstić information content (AvgIpc) is 2.70. The first-order valence-electron chi connectivity index (χ1n) is 9.50. The summed E-state index contributed by atoms with van der Waals surface area (Å²) in [4.78, 5) is 12.2. The van der Waals surface area contributed by atoms with Gasteiger partial charge in [0.2, 0.25) is 0 Å². The molecule has 4 nitrogen and oxygen atoms in total. The molecule has 3 rings (SSSR count). The molecule has 0 aliphatic heterocycles. The highest BCUT2D eigenvalue weighted by Crippen LogP contribution is 2.27. The Balaban J connectivity index is 1.54. The summed E-state index contributed by atoms with van der Waals surface area (Å²) < 4.78 is 6.50. The third-order valence-corrected chi connectivity index (χ3v) is 5.40. The smallest absolute Gasteiger partial charge is 0.262 e. The Kier molecular flexibility index (Phi) is 6.94. The second-order valence-electron chi connectivity index (χ2n) is 7.07. The lowest BCUT2D eigenvalue weighted by Crippen LogP contribution is -2.20. The topological polar surface area (TPSA) is 50.4 Å². The SMILES string of the molecule is Cc1ccc(NCc2ccc(OCC(=O)Nc3ccccc3C)c(Br)c2)cc1C. The van der Waals surface area contributed by atoms with E-state index in [9.17, 15) is 4.79 Å². The predicted molar refractivity (Wildman–Crippen MR) is 123 cm³/mol. The number of anilines is 2. The molecule has 1 amide bonds. The first-order valence-corrected chi connectivity index (χ1v) is 10.3. The number of ether oxygens (including phenoxy) is 1. The first kappa shape index (κ1) is 20.9. The van der Waals surface area contributed by atoms with Crippen molar-refractivity contribution in [2.24, 2.45) is 0 Å². The van der Waals surface area contributed by atoms with Gasteiger partial charge in [-0.2, -0.15) is 0 Å². The van der Waals surface area contributed by atoms with Crippen molar-refractivity contribution in [3.8, 4) is 5.75 Å². The Morgan fingerprint density at radius 1 is 0.931 bits per heavy atom. The zero-order chi connectivity index (χ0) is 20.8. The monoisotopic (exact) mass is 452 g/mol. The van der Waals surface area contributed by atoms with Gasteiger partial charge in [0, 0.05) is 17.9 Å². The van der Waals surface area contributed by atoms with E-state index in [0.717, 1.165) is 27.0 Å². The fourth-order valence-electron chi connectivity index (χ4n) is 2.87. The second kappa shape index (κ2) is 9.61. The molecular weight excluding hydrogens is 428 g/mol. The van der Waals surface area contributed by atoms with Gasteiger partial charge in [-0.25, -0.2) is 0 Å². The number of halogens is 1. The fourth-order valence-corrected chi connectivity index (χ4v) is 3.41. The van der Waals surface area contributed by atoms with Crippen LogP contribution in [-0.2, 0) is 11.3 Å². The maximum Gasteiger partial charge on any atom is 0.262 e. The molecule has 29 heavy (non-hydrogen) atoms. The van der Waals surface area contributed by atoms with Gasteiger partial charge in [0.05, 0.1) is 4.47 Å². The van der Waals surface area contributed by atoms with Gasteiger partial charge < -0.3 is 15.4 Å². The molecule has 0 radical (unpaired) electrons. The van der Waals surface area contributed by atoms with Crippen LogP contribution >= 0.6 is 15.9 Å². The number of hydrogen-bond acceptors (Lipinski definition) is 3. The minimum absolute atomic E-state index is 0.0484. The molecule has 0 aromatic heterocycles. The van der Waals surface area contributed by atoms with E-state index in [1.54, 1.807) is 0 Å². The maximum atomic E-state index is 12.2. The van der Waals surface area contributed by atoms with Crippen LogP contribution < -0.4 is 15.4 Å². The largest absolute Gasteiger partial charge is 0.483 e. The van der Waals surface area contributed by atoms with Crippen LogP contribution in [0.25, 0.3) is 0 Å². The number of carbonyl (C=O) groups is 1. The quantitative estimate of drug-likeness (QED) is 0.461. The summed E-state index contributed by atoms with van der Waals surface area (Å²) in [6.07, 6.45) is 0. The van der Waals surface area contributed by atoms with Crippen LogP contribution in [0.1, 0.15) is 22.3 Å². The number of nitrogens with one attached hydrogen (secondary N) is 2. The summed E-state index contributed by atoms with van der Waals surface area (Å²) in [5.74, 6) is 0.451. The van der Waals surface area contributed by atoms with Crippen molar-refractivity contribution in [3.63, 3.8) is 0 Å².